The van der Waals surface area contributed by atoms with Crippen molar-refractivity contribution in [1.82, 2.24) is 0 Å². The van der Waals surface area contributed by atoms with Crippen molar-refractivity contribution in [3.63, 3.8) is 0 Å². The Labute approximate surface area is 110 Å². The third-order valence-electron chi connectivity index (χ3n) is 2.65. The topological polar surface area (TPSA) is 72.2 Å². The third-order valence-corrected chi connectivity index (χ3v) is 2.65. The summed E-state index contributed by atoms with van der Waals surface area (Å²) in [6.45, 7) is 1.31. The molecule has 0 radical (unpaired) electrons. The Morgan fingerprint density at radius 2 is 1.79 bits per heavy atom. The number of benzene rings is 2. The minimum absolute atomic E-state index is 0.103. The summed E-state index contributed by atoms with van der Waals surface area (Å²) in [7, 11) is 0. The molecule has 19 heavy (non-hydrogen) atoms. The van der Waals surface area contributed by atoms with Crippen LogP contribution in [0.15, 0.2) is 48.5 Å². The van der Waals surface area contributed by atoms with E-state index in [4.69, 9.17) is 0 Å². The Kier molecular flexibility index (Phi) is 3.56. The maximum atomic E-state index is 11.4. The lowest BCUT2D eigenvalue weighted by molar-refractivity contribution is -0.384. The van der Waals surface area contributed by atoms with Crippen molar-refractivity contribution in [2.45, 2.75) is 6.92 Å². The molecule has 0 aliphatic carbocycles. The van der Waals surface area contributed by atoms with E-state index < -0.39 is 4.92 Å². The highest BCUT2D eigenvalue weighted by atomic mass is 16.6. The van der Waals surface area contributed by atoms with Gasteiger partial charge in [0.1, 0.15) is 5.69 Å². The number of hydrogen-bond acceptors (Lipinski definition) is 4. The molecule has 5 nitrogen and oxygen atoms in total. The number of nitrogens with zero attached hydrogens (tertiary/aromatic N) is 1. The maximum Gasteiger partial charge on any atom is 0.303 e. The number of Topliss-reactive ketones (excluding diaryl/α,β-unsaturated/α-hetero) is 1. The van der Waals surface area contributed by atoms with E-state index in [1.165, 1.54) is 13.0 Å². The standard InChI is InChI=1S/C14H12N2O3/c1-10(17)12-8-5-9-13(14(12)16(18)19)15-11-6-3-2-4-7-11/h2-9,15H,1H3. The first-order valence-corrected chi connectivity index (χ1v) is 5.70. The second-order valence-electron chi connectivity index (χ2n) is 4.01. The monoisotopic (exact) mass is 256 g/mol. The van der Waals surface area contributed by atoms with Crippen LogP contribution in [0, 0.1) is 10.1 Å². The molecule has 0 fully saturated rings. The summed E-state index contributed by atoms with van der Waals surface area (Å²) in [4.78, 5) is 22.1. The van der Waals surface area contributed by atoms with E-state index >= 15 is 0 Å². The van der Waals surface area contributed by atoms with E-state index in [1.807, 2.05) is 18.2 Å². The van der Waals surface area contributed by atoms with Crippen LogP contribution in [0.5, 0.6) is 0 Å². The van der Waals surface area contributed by atoms with Crippen molar-refractivity contribution in [2.24, 2.45) is 0 Å². The van der Waals surface area contributed by atoms with E-state index in [0.717, 1.165) is 5.69 Å². The zero-order valence-electron chi connectivity index (χ0n) is 10.3. The summed E-state index contributed by atoms with van der Waals surface area (Å²) >= 11 is 0. The fraction of sp³-hybridized carbons (Fsp3) is 0.0714. The van der Waals surface area contributed by atoms with Gasteiger partial charge >= 0.3 is 5.69 Å². The van der Waals surface area contributed by atoms with E-state index in [9.17, 15) is 14.9 Å². The fourth-order valence-electron chi connectivity index (χ4n) is 1.80. The second-order valence-corrected chi connectivity index (χ2v) is 4.01. The minimum Gasteiger partial charge on any atom is -0.350 e. The normalized spacial score (nSPS) is 9.95. The van der Waals surface area contributed by atoms with Gasteiger partial charge in [-0.15, -0.1) is 0 Å². The van der Waals surface area contributed by atoms with Crippen molar-refractivity contribution in [1.29, 1.82) is 0 Å². The predicted molar refractivity (Wildman–Crippen MR) is 72.8 cm³/mol. The molecule has 1 N–H and O–H groups in total. The molecular weight excluding hydrogens is 244 g/mol. The fourth-order valence-corrected chi connectivity index (χ4v) is 1.80. The Morgan fingerprint density at radius 3 is 2.37 bits per heavy atom. The summed E-state index contributed by atoms with van der Waals surface area (Å²) in [5, 5.41) is 14.1. The maximum absolute atomic E-state index is 11.4. The molecule has 0 heterocycles. The number of hydrogen-bond donors (Lipinski definition) is 1. The zero-order chi connectivity index (χ0) is 13.8. The molecule has 5 heteroatoms. The molecule has 2 rings (SSSR count). The molecule has 0 unspecified atom stereocenters. The van der Waals surface area contributed by atoms with Crippen LogP contribution in [-0.2, 0) is 0 Å². The predicted octanol–water partition coefficient (Wildman–Crippen LogP) is 3.54. The zero-order valence-corrected chi connectivity index (χ0v) is 10.3. The SMILES string of the molecule is CC(=O)c1cccc(Nc2ccccc2)c1[N+](=O)[O-]. The van der Waals surface area contributed by atoms with Gasteiger partial charge in [-0.3, -0.25) is 14.9 Å². The number of ketones is 1. The van der Waals surface area contributed by atoms with Crippen LogP contribution in [0.3, 0.4) is 0 Å². The van der Waals surface area contributed by atoms with Gasteiger partial charge in [0.25, 0.3) is 0 Å². The molecule has 2 aromatic rings. The molecule has 0 aliphatic rings. The summed E-state index contributed by atoms with van der Waals surface area (Å²) in [5.41, 5.74) is 0.944. The van der Waals surface area contributed by atoms with Gasteiger partial charge in [-0.25, -0.2) is 0 Å². The number of nitrogens with one attached hydrogen (secondary N) is 1. The third kappa shape index (κ3) is 2.77. The van der Waals surface area contributed by atoms with Gasteiger partial charge in [0.2, 0.25) is 0 Å². The number of nitro groups is 1. The number of carbonyl (C=O) groups is 1. The second kappa shape index (κ2) is 5.30. The lowest BCUT2D eigenvalue weighted by Crippen LogP contribution is -2.04. The first-order chi connectivity index (χ1) is 9.09. The molecule has 0 saturated carbocycles. The molecule has 96 valence electrons. The Morgan fingerprint density at radius 1 is 1.11 bits per heavy atom. The van der Waals surface area contributed by atoms with Gasteiger partial charge in [0, 0.05) is 5.69 Å². The van der Waals surface area contributed by atoms with Crippen LogP contribution in [0.2, 0.25) is 0 Å². The Balaban J connectivity index is 2.48. The number of rotatable bonds is 4. The van der Waals surface area contributed by atoms with E-state index in [1.54, 1.807) is 24.3 Å². The molecule has 0 aromatic heterocycles. The number of anilines is 2. The van der Waals surface area contributed by atoms with Gasteiger partial charge in [0.15, 0.2) is 5.78 Å². The average molecular weight is 256 g/mol. The van der Waals surface area contributed by atoms with Crippen LogP contribution in [0.4, 0.5) is 17.1 Å². The first kappa shape index (κ1) is 12.8. The van der Waals surface area contributed by atoms with Crippen molar-refractivity contribution in [2.75, 3.05) is 5.32 Å². The van der Waals surface area contributed by atoms with Gasteiger partial charge < -0.3 is 5.32 Å². The summed E-state index contributed by atoms with van der Waals surface area (Å²) in [6.07, 6.45) is 0. The summed E-state index contributed by atoms with van der Waals surface area (Å²) in [6, 6.07) is 13.7. The summed E-state index contributed by atoms with van der Waals surface area (Å²) in [5.74, 6) is -0.330. The number of para-hydroxylation sites is 2. The van der Waals surface area contributed by atoms with Gasteiger partial charge in [-0.05, 0) is 31.2 Å². The van der Waals surface area contributed by atoms with E-state index in [0.29, 0.717) is 5.69 Å². The summed E-state index contributed by atoms with van der Waals surface area (Å²) < 4.78 is 0. The Hall–Kier alpha value is -2.69. The van der Waals surface area contributed by atoms with Crippen molar-refractivity contribution in [3.05, 3.63) is 64.2 Å². The molecule has 0 aliphatic heterocycles. The average Bonchev–Trinajstić information content (AvgIpc) is 2.39. The molecule has 0 amide bonds. The number of nitro benzene ring substituents is 1. The lowest BCUT2D eigenvalue weighted by atomic mass is 10.1. The lowest BCUT2D eigenvalue weighted by Gasteiger charge is -2.08. The van der Waals surface area contributed by atoms with Crippen molar-refractivity contribution >= 4 is 22.8 Å². The highest BCUT2D eigenvalue weighted by Gasteiger charge is 2.22. The molecule has 0 atom stereocenters. The molecule has 0 saturated heterocycles. The minimum atomic E-state index is -0.540. The van der Waals surface area contributed by atoms with Crippen molar-refractivity contribution < 1.29 is 9.72 Å². The molecular formula is C14H12N2O3. The Bertz CT molecular complexity index is 624. The van der Waals surface area contributed by atoms with Crippen LogP contribution < -0.4 is 5.32 Å². The highest BCUT2D eigenvalue weighted by molar-refractivity contribution is 6.00. The van der Waals surface area contributed by atoms with Crippen molar-refractivity contribution in [3.8, 4) is 0 Å². The van der Waals surface area contributed by atoms with E-state index in [2.05, 4.69) is 5.32 Å². The van der Waals surface area contributed by atoms with Gasteiger partial charge in [-0.1, -0.05) is 24.3 Å². The smallest absolute Gasteiger partial charge is 0.303 e. The van der Waals surface area contributed by atoms with E-state index in [-0.39, 0.29) is 17.0 Å². The van der Waals surface area contributed by atoms with Gasteiger partial charge in [-0.2, -0.15) is 0 Å². The molecule has 0 bridgehead atoms. The van der Waals surface area contributed by atoms with Gasteiger partial charge in [0.05, 0.1) is 10.5 Å². The molecule has 2 aromatic carbocycles. The first-order valence-electron chi connectivity index (χ1n) is 5.70. The molecule has 0 spiro atoms. The van der Waals surface area contributed by atoms with Crippen LogP contribution >= 0.6 is 0 Å². The van der Waals surface area contributed by atoms with Crippen LogP contribution in [0.25, 0.3) is 0 Å². The quantitative estimate of drug-likeness (QED) is 0.516. The van der Waals surface area contributed by atoms with Crippen LogP contribution in [-0.4, -0.2) is 10.7 Å². The van der Waals surface area contributed by atoms with Crippen LogP contribution in [0.1, 0.15) is 17.3 Å². The number of carbonyl (C=O) groups excluding carboxylic acids is 1. The largest absolute Gasteiger partial charge is 0.350 e. The highest BCUT2D eigenvalue weighted by Crippen LogP contribution is 2.31.